The summed E-state index contributed by atoms with van der Waals surface area (Å²) in [6, 6.07) is 19.6. The molecule has 2 aromatic carbocycles. The van der Waals surface area contributed by atoms with E-state index in [4.69, 9.17) is 9.47 Å². The molecule has 0 bridgehead atoms. The molecule has 1 N–H and O–H groups in total. The minimum absolute atomic E-state index is 0.0980. The molecule has 0 aliphatic carbocycles. The smallest absolute Gasteiger partial charge is 0.330 e. The van der Waals surface area contributed by atoms with Gasteiger partial charge in [0.2, 0.25) is 0 Å². The first-order chi connectivity index (χ1) is 14.2. The monoisotopic (exact) mass is 396 g/mol. The molecule has 0 aliphatic rings. The van der Waals surface area contributed by atoms with E-state index in [-0.39, 0.29) is 12.9 Å². The van der Waals surface area contributed by atoms with Gasteiger partial charge in [-0.1, -0.05) is 78.9 Å². The van der Waals surface area contributed by atoms with E-state index in [0.717, 1.165) is 11.1 Å². The van der Waals surface area contributed by atoms with Crippen LogP contribution in [0.2, 0.25) is 0 Å². The number of aliphatic hydroxyl groups excluding tert-OH is 1. The molecule has 5 heteroatoms. The molecular formula is C24H28O5. The van der Waals surface area contributed by atoms with Crippen molar-refractivity contribution in [2.75, 3.05) is 13.9 Å². The van der Waals surface area contributed by atoms with E-state index < -0.39 is 12.1 Å². The second kappa shape index (κ2) is 13.4. The Morgan fingerprint density at radius 2 is 1.76 bits per heavy atom. The Balaban J connectivity index is 1.84. The summed E-state index contributed by atoms with van der Waals surface area (Å²) >= 11 is 0. The molecule has 0 saturated heterocycles. The van der Waals surface area contributed by atoms with Crippen molar-refractivity contribution in [1.82, 2.24) is 0 Å². The first kappa shape index (κ1) is 22.6. The molecule has 0 unspecified atom stereocenters. The Morgan fingerprint density at radius 1 is 1.07 bits per heavy atom. The van der Waals surface area contributed by atoms with Crippen LogP contribution in [-0.2, 0) is 25.6 Å². The third-order valence-corrected chi connectivity index (χ3v) is 4.17. The number of hydrogen-bond donors (Lipinski definition) is 1. The molecule has 0 heterocycles. The summed E-state index contributed by atoms with van der Waals surface area (Å²) in [7, 11) is 1.33. The first-order valence-electron chi connectivity index (χ1n) is 9.56. The second-order valence-corrected chi connectivity index (χ2v) is 6.47. The third-order valence-electron chi connectivity index (χ3n) is 4.17. The summed E-state index contributed by atoms with van der Waals surface area (Å²) in [5.74, 6) is -0.423. The Kier molecular flexibility index (Phi) is 10.5. The van der Waals surface area contributed by atoms with Crippen LogP contribution >= 0.6 is 0 Å². The van der Waals surface area contributed by atoms with Crippen LogP contribution in [-0.4, -0.2) is 37.2 Å². The highest BCUT2D eigenvalue weighted by atomic mass is 16.7. The van der Waals surface area contributed by atoms with Crippen molar-refractivity contribution in [3.63, 3.8) is 0 Å². The van der Waals surface area contributed by atoms with E-state index in [1.165, 1.54) is 13.2 Å². The normalized spacial score (nSPS) is 13.6. The van der Waals surface area contributed by atoms with E-state index in [2.05, 4.69) is 4.74 Å². The van der Waals surface area contributed by atoms with Crippen molar-refractivity contribution >= 4 is 12.0 Å². The number of carbonyl (C=O) groups excluding carboxylic acids is 1. The molecule has 0 aromatic heterocycles. The van der Waals surface area contributed by atoms with Crippen LogP contribution in [0.4, 0.5) is 0 Å². The topological polar surface area (TPSA) is 65.0 Å². The molecule has 0 fully saturated rings. The summed E-state index contributed by atoms with van der Waals surface area (Å²) in [5, 5.41) is 10.3. The molecule has 0 radical (unpaired) electrons. The summed E-state index contributed by atoms with van der Waals surface area (Å²) in [6.07, 6.45) is 6.50. The quantitative estimate of drug-likeness (QED) is 0.253. The second-order valence-electron chi connectivity index (χ2n) is 6.47. The average Bonchev–Trinajstić information content (AvgIpc) is 2.76. The molecule has 0 spiro atoms. The van der Waals surface area contributed by atoms with Gasteiger partial charge in [-0.2, -0.15) is 0 Å². The maximum Gasteiger partial charge on any atom is 0.330 e. The lowest BCUT2D eigenvalue weighted by Gasteiger charge is -2.18. The lowest BCUT2D eigenvalue weighted by Crippen LogP contribution is -2.20. The van der Waals surface area contributed by atoms with E-state index in [0.29, 0.717) is 19.4 Å². The minimum Gasteiger partial charge on any atom is -0.466 e. The molecule has 0 aliphatic heterocycles. The van der Waals surface area contributed by atoms with Gasteiger partial charge in [0.15, 0.2) is 0 Å². The fraction of sp³-hybridized carbons (Fsp3) is 0.292. The van der Waals surface area contributed by atoms with Gasteiger partial charge in [-0.25, -0.2) is 4.79 Å². The molecule has 2 aromatic rings. The van der Waals surface area contributed by atoms with Gasteiger partial charge in [0, 0.05) is 12.5 Å². The van der Waals surface area contributed by atoms with Crippen molar-refractivity contribution in [1.29, 1.82) is 0 Å². The highest BCUT2D eigenvalue weighted by Gasteiger charge is 2.13. The molecule has 5 nitrogen and oxygen atoms in total. The van der Waals surface area contributed by atoms with Crippen LogP contribution in [0.25, 0.3) is 6.08 Å². The fourth-order valence-corrected chi connectivity index (χ4v) is 2.63. The van der Waals surface area contributed by atoms with Gasteiger partial charge in [-0.05, 0) is 17.5 Å². The number of carbonyl (C=O) groups is 1. The van der Waals surface area contributed by atoms with E-state index in [1.54, 1.807) is 12.2 Å². The third kappa shape index (κ3) is 9.85. The SMILES string of the molecule is COC(=O)/C=C/C[C@H](C[C@H](O)/C=C/c1ccccc1)OCOCc1ccccc1. The fourth-order valence-electron chi connectivity index (χ4n) is 2.63. The number of esters is 1. The van der Waals surface area contributed by atoms with Crippen LogP contribution in [0.1, 0.15) is 24.0 Å². The minimum atomic E-state index is -0.680. The van der Waals surface area contributed by atoms with Crippen molar-refractivity contribution in [3.8, 4) is 0 Å². The predicted octanol–water partition coefficient (Wildman–Crippen LogP) is 4.13. The first-order valence-corrected chi connectivity index (χ1v) is 9.56. The molecule has 29 heavy (non-hydrogen) atoms. The number of aliphatic hydroxyl groups is 1. The average molecular weight is 396 g/mol. The zero-order chi connectivity index (χ0) is 20.7. The van der Waals surface area contributed by atoms with E-state index in [9.17, 15) is 9.90 Å². The Bertz CT molecular complexity index is 755. The molecule has 0 saturated carbocycles. The van der Waals surface area contributed by atoms with Gasteiger partial charge in [0.1, 0.15) is 6.79 Å². The van der Waals surface area contributed by atoms with Gasteiger partial charge >= 0.3 is 5.97 Å². The summed E-state index contributed by atoms with van der Waals surface area (Å²) in [5.41, 5.74) is 2.07. The number of methoxy groups -OCH3 is 1. The lowest BCUT2D eigenvalue weighted by atomic mass is 10.1. The van der Waals surface area contributed by atoms with Crippen LogP contribution in [0, 0.1) is 0 Å². The molecular weight excluding hydrogens is 368 g/mol. The van der Waals surface area contributed by atoms with Gasteiger partial charge in [0.05, 0.1) is 25.9 Å². The zero-order valence-electron chi connectivity index (χ0n) is 16.6. The van der Waals surface area contributed by atoms with Crippen molar-refractivity contribution in [2.24, 2.45) is 0 Å². The zero-order valence-corrected chi connectivity index (χ0v) is 16.6. The summed E-state index contributed by atoms with van der Waals surface area (Å²) in [6.45, 7) is 0.544. The Morgan fingerprint density at radius 3 is 2.45 bits per heavy atom. The van der Waals surface area contributed by atoms with Crippen molar-refractivity contribution < 1.29 is 24.1 Å². The molecule has 154 valence electrons. The van der Waals surface area contributed by atoms with Gasteiger partial charge in [0.25, 0.3) is 0 Å². The number of benzene rings is 2. The lowest BCUT2D eigenvalue weighted by molar-refractivity contribution is -0.134. The highest BCUT2D eigenvalue weighted by Crippen LogP contribution is 2.12. The number of ether oxygens (including phenoxy) is 3. The van der Waals surface area contributed by atoms with Gasteiger partial charge in [-0.15, -0.1) is 0 Å². The number of hydrogen-bond acceptors (Lipinski definition) is 5. The predicted molar refractivity (Wildman–Crippen MR) is 113 cm³/mol. The van der Waals surface area contributed by atoms with Gasteiger partial charge < -0.3 is 19.3 Å². The maximum absolute atomic E-state index is 11.3. The molecule has 0 amide bonds. The van der Waals surface area contributed by atoms with Crippen LogP contribution in [0.3, 0.4) is 0 Å². The number of rotatable bonds is 12. The van der Waals surface area contributed by atoms with Crippen LogP contribution in [0.5, 0.6) is 0 Å². The summed E-state index contributed by atoms with van der Waals surface area (Å²) < 4.78 is 16.0. The highest BCUT2D eigenvalue weighted by molar-refractivity contribution is 5.81. The Labute approximate surface area is 172 Å². The standard InChI is InChI=1S/C24H28O5/c1-27-24(26)14-8-13-23(29-19-28-18-21-11-6-3-7-12-21)17-22(25)16-15-20-9-4-2-5-10-20/h2-12,14-16,22-23,25H,13,17-19H2,1H3/b14-8+,16-15+/t22-,23-/m1/s1. The van der Waals surface area contributed by atoms with Crippen LogP contribution < -0.4 is 0 Å². The van der Waals surface area contributed by atoms with E-state index >= 15 is 0 Å². The van der Waals surface area contributed by atoms with Crippen molar-refractivity contribution in [3.05, 3.63) is 90.0 Å². The molecule has 2 atom stereocenters. The molecule has 2 rings (SSSR count). The van der Waals surface area contributed by atoms with Crippen molar-refractivity contribution in [2.45, 2.75) is 31.7 Å². The van der Waals surface area contributed by atoms with E-state index in [1.807, 2.05) is 66.7 Å². The van der Waals surface area contributed by atoms with Gasteiger partial charge in [-0.3, -0.25) is 0 Å². The summed E-state index contributed by atoms with van der Waals surface area (Å²) in [4.78, 5) is 11.3. The largest absolute Gasteiger partial charge is 0.466 e. The maximum atomic E-state index is 11.3. The Hall–Kier alpha value is -2.73. The van der Waals surface area contributed by atoms with Crippen LogP contribution in [0.15, 0.2) is 78.9 Å².